The van der Waals surface area contributed by atoms with Gasteiger partial charge in [-0.05, 0) is 57.6 Å². The van der Waals surface area contributed by atoms with Gasteiger partial charge >= 0.3 is 0 Å². The maximum absolute atomic E-state index is 12.2. The first-order valence-electron chi connectivity index (χ1n) is 8.06. The first-order valence-corrected chi connectivity index (χ1v) is 8.06. The van der Waals surface area contributed by atoms with Crippen LogP contribution in [0.25, 0.3) is 0 Å². The Balaban J connectivity index is 1.80. The van der Waals surface area contributed by atoms with Crippen LogP contribution in [0, 0.1) is 5.92 Å². The minimum absolute atomic E-state index is 0.0668. The zero-order valence-electron chi connectivity index (χ0n) is 13.9. The molecular weight excluding hydrogens is 292 g/mol. The van der Waals surface area contributed by atoms with Crippen LogP contribution in [-0.4, -0.2) is 49.3 Å². The van der Waals surface area contributed by atoms with E-state index in [0.29, 0.717) is 12.3 Å². The quantitative estimate of drug-likeness (QED) is 0.757. The maximum atomic E-state index is 12.2. The van der Waals surface area contributed by atoms with E-state index in [4.69, 9.17) is 4.74 Å². The summed E-state index contributed by atoms with van der Waals surface area (Å²) in [5.41, 5.74) is 0.769. The molecule has 5 heteroatoms. The van der Waals surface area contributed by atoms with E-state index in [1.807, 2.05) is 31.1 Å². The summed E-state index contributed by atoms with van der Waals surface area (Å²) in [4.78, 5) is 14.1. The second-order valence-electron chi connectivity index (χ2n) is 6.22. The molecule has 5 nitrogen and oxygen atoms in total. The lowest BCUT2D eigenvalue weighted by atomic mass is 9.93. The van der Waals surface area contributed by atoms with E-state index in [-0.39, 0.29) is 18.4 Å². The van der Waals surface area contributed by atoms with Crippen LogP contribution in [0.5, 0.6) is 5.75 Å². The number of ether oxygens (including phenoxy) is 1. The molecule has 0 saturated heterocycles. The number of hydrogen-bond donors (Lipinski definition) is 2. The molecule has 1 aromatic rings. The Kier molecular flexibility index (Phi) is 6.62. The van der Waals surface area contributed by atoms with Gasteiger partial charge in [-0.15, -0.1) is 0 Å². The summed E-state index contributed by atoms with van der Waals surface area (Å²) >= 11 is 0. The molecule has 2 atom stereocenters. The number of amides is 1. The molecule has 0 unspecified atom stereocenters. The zero-order chi connectivity index (χ0) is 16.7. The van der Waals surface area contributed by atoms with Crippen molar-refractivity contribution in [2.45, 2.75) is 25.4 Å². The van der Waals surface area contributed by atoms with Gasteiger partial charge in [-0.3, -0.25) is 4.79 Å². The van der Waals surface area contributed by atoms with Crippen LogP contribution in [-0.2, 0) is 4.79 Å². The van der Waals surface area contributed by atoms with Crippen molar-refractivity contribution in [3.63, 3.8) is 0 Å². The zero-order valence-corrected chi connectivity index (χ0v) is 13.9. The summed E-state index contributed by atoms with van der Waals surface area (Å²) < 4.78 is 5.55. The summed E-state index contributed by atoms with van der Waals surface area (Å²) in [7, 11) is 3.81. The molecule has 0 fully saturated rings. The summed E-state index contributed by atoms with van der Waals surface area (Å²) in [6, 6.07) is 7.26. The monoisotopic (exact) mass is 318 g/mol. The van der Waals surface area contributed by atoms with Crippen molar-refractivity contribution in [2.75, 3.05) is 32.6 Å². The molecule has 2 N–H and O–H groups in total. The fourth-order valence-corrected chi connectivity index (χ4v) is 2.58. The van der Waals surface area contributed by atoms with Gasteiger partial charge in [0.05, 0.1) is 0 Å². The average molecular weight is 318 g/mol. The molecule has 0 saturated carbocycles. The molecule has 0 spiro atoms. The molecule has 1 aliphatic rings. The molecule has 0 bridgehead atoms. The van der Waals surface area contributed by atoms with Crippen LogP contribution < -0.4 is 10.1 Å². The number of aliphatic hydroxyl groups is 1. The second-order valence-corrected chi connectivity index (χ2v) is 6.22. The van der Waals surface area contributed by atoms with Crippen LogP contribution in [0.3, 0.4) is 0 Å². The number of aliphatic hydroxyl groups excluding tert-OH is 1. The molecular formula is C18H26N2O3. The van der Waals surface area contributed by atoms with Crippen molar-refractivity contribution in [3.8, 4) is 5.75 Å². The van der Waals surface area contributed by atoms with E-state index in [9.17, 15) is 9.90 Å². The van der Waals surface area contributed by atoms with Crippen molar-refractivity contribution >= 4 is 11.6 Å². The Morgan fingerprint density at radius 2 is 2.09 bits per heavy atom. The van der Waals surface area contributed by atoms with Gasteiger partial charge < -0.3 is 20.1 Å². The van der Waals surface area contributed by atoms with Crippen molar-refractivity contribution in [2.24, 2.45) is 5.92 Å². The molecule has 2 rings (SSSR count). The highest BCUT2D eigenvalue weighted by atomic mass is 16.5. The Hall–Kier alpha value is -1.85. The van der Waals surface area contributed by atoms with E-state index in [1.165, 1.54) is 0 Å². The molecule has 1 amide bonds. The Labute approximate surface area is 137 Å². The molecule has 0 radical (unpaired) electrons. The highest BCUT2D eigenvalue weighted by Gasteiger charge is 2.18. The third-order valence-electron chi connectivity index (χ3n) is 3.78. The first kappa shape index (κ1) is 17.5. The van der Waals surface area contributed by atoms with Gasteiger partial charge in [-0.2, -0.15) is 0 Å². The SMILES string of the molecule is CN(C)C[C@H](O)COc1ccc(NC(=O)[C@H]2CC=CCC2)cc1. The number of nitrogens with zero attached hydrogens (tertiary/aromatic N) is 1. The lowest BCUT2D eigenvalue weighted by Gasteiger charge is -2.18. The van der Waals surface area contributed by atoms with E-state index in [0.717, 1.165) is 24.9 Å². The van der Waals surface area contributed by atoms with Crippen molar-refractivity contribution in [3.05, 3.63) is 36.4 Å². The van der Waals surface area contributed by atoms with Crippen LogP contribution in [0.1, 0.15) is 19.3 Å². The molecule has 0 aromatic heterocycles. The molecule has 1 aliphatic carbocycles. The fourth-order valence-electron chi connectivity index (χ4n) is 2.58. The summed E-state index contributed by atoms with van der Waals surface area (Å²) in [6.45, 7) is 0.808. The number of rotatable bonds is 7. The molecule has 0 heterocycles. The van der Waals surface area contributed by atoms with Gasteiger partial charge in [0.2, 0.25) is 5.91 Å². The van der Waals surface area contributed by atoms with E-state index >= 15 is 0 Å². The van der Waals surface area contributed by atoms with Gasteiger partial charge in [0.15, 0.2) is 0 Å². The van der Waals surface area contributed by atoms with Crippen LogP contribution in [0.4, 0.5) is 5.69 Å². The highest BCUT2D eigenvalue weighted by molar-refractivity contribution is 5.92. The third kappa shape index (κ3) is 6.04. The predicted octanol–water partition coefficient (Wildman–Crippen LogP) is 2.28. The Morgan fingerprint density at radius 1 is 1.35 bits per heavy atom. The number of carbonyl (C=O) groups is 1. The molecule has 126 valence electrons. The first-order chi connectivity index (χ1) is 11.0. The standard InChI is InChI=1S/C18H26N2O3/c1-20(2)12-16(21)13-23-17-10-8-15(9-11-17)19-18(22)14-6-4-3-5-7-14/h3-4,8-11,14,16,21H,5-7,12-13H2,1-2H3,(H,19,22)/t14-,16-/m0/s1. The number of anilines is 1. The smallest absolute Gasteiger partial charge is 0.227 e. The third-order valence-corrected chi connectivity index (χ3v) is 3.78. The van der Waals surface area contributed by atoms with Gasteiger partial charge in [0.25, 0.3) is 0 Å². The minimum Gasteiger partial charge on any atom is -0.491 e. The van der Waals surface area contributed by atoms with E-state index in [2.05, 4.69) is 17.5 Å². The van der Waals surface area contributed by atoms with Crippen LogP contribution in [0.15, 0.2) is 36.4 Å². The number of allylic oxidation sites excluding steroid dienone is 2. The lowest BCUT2D eigenvalue weighted by molar-refractivity contribution is -0.120. The molecule has 1 aromatic carbocycles. The highest BCUT2D eigenvalue weighted by Crippen LogP contribution is 2.21. The fraction of sp³-hybridized carbons (Fsp3) is 0.500. The van der Waals surface area contributed by atoms with Crippen molar-refractivity contribution < 1.29 is 14.6 Å². The van der Waals surface area contributed by atoms with Crippen LogP contribution in [0.2, 0.25) is 0 Å². The molecule has 23 heavy (non-hydrogen) atoms. The van der Waals surface area contributed by atoms with Gasteiger partial charge in [0, 0.05) is 18.2 Å². The number of benzene rings is 1. The predicted molar refractivity (Wildman–Crippen MR) is 91.6 cm³/mol. The number of carbonyl (C=O) groups excluding carboxylic acids is 1. The van der Waals surface area contributed by atoms with Gasteiger partial charge in [-0.1, -0.05) is 12.2 Å². The number of hydrogen-bond acceptors (Lipinski definition) is 4. The molecule has 0 aliphatic heterocycles. The van der Waals surface area contributed by atoms with Gasteiger partial charge in [-0.25, -0.2) is 0 Å². The normalized spacial score (nSPS) is 18.7. The largest absolute Gasteiger partial charge is 0.491 e. The van der Waals surface area contributed by atoms with Gasteiger partial charge in [0.1, 0.15) is 18.5 Å². The number of nitrogens with one attached hydrogen (secondary N) is 1. The summed E-state index contributed by atoms with van der Waals surface area (Å²) in [6.07, 6.45) is 6.37. The Bertz CT molecular complexity index is 526. The average Bonchev–Trinajstić information content (AvgIpc) is 2.54. The Morgan fingerprint density at radius 3 is 2.70 bits per heavy atom. The van der Waals surface area contributed by atoms with E-state index < -0.39 is 6.10 Å². The number of likely N-dealkylation sites (N-methyl/N-ethyl adjacent to an activating group) is 1. The topological polar surface area (TPSA) is 61.8 Å². The minimum atomic E-state index is -0.524. The van der Waals surface area contributed by atoms with Crippen molar-refractivity contribution in [1.29, 1.82) is 0 Å². The second kappa shape index (κ2) is 8.70. The van der Waals surface area contributed by atoms with Crippen molar-refractivity contribution in [1.82, 2.24) is 4.90 Å². The lowest BCUT2D eigenvalue weighted by Crippen LogP contribution is -2.30. The maximum Gasteiger partial charge on any atom is 0.227 e. The van der Waals surface area contributed by atoms with Crippen LogP contribution >= 0.6 is 0 Å². The summed E-state index contributed by atoms with van der Waals surface area (Å²) in [5, 5.41) is 12.7. The summed E-state index contributed by atoms with van der Waals surface area (Å²) in [5.74, 6) is 0.822. The van der Waals surface area contributed by atoms with E-state index in [1.54, 1.807) is 12.1 Å².